The average molecular weight is 388 g/mol. The molecule has 9 nitrogen and oxygen atoms in total. The minimum Gasteiger partial charge on any atom is -0.439 e. The van der Waals surface area contributed by atoms with E-state index in [9.17, 15) is 9.59 Å². The highest BCUT2D eigenvalue weighted by Crippen LogP contribution is 2.22. The van der Waals surface area contributed by atoms with E-state index in [4.69, 9.17) is 4.74 Å². The highest BCUT2D eigenvalue weighted by atomic mass is 16.5. The standard InChI is InChI=1S/C20H16N6O3/c1-25-19(27)9-8-16(24-25)20(28)23-14-4-6-15(7-5-14)29-18-12-17(21-13-22-18)26-10-2-3-11-26/h2-13H,1H3,(H,23,28). The first-order chi connectivity index (χ1) is 14.1. The predicted molar refractivity (Wildman–Crippen MR) is 105 cm³/mol. The number of amides is 1. The van der Waals surface area contributed by atoms with Crippen LogP contribution in [0.25, 0.3) is 5.82 Å². The zero-order valence-electron chi connectivity index (χ0n) is 15.4. The predicted octanol–water partition coefficient (Wildman–Crippen LogP) is 2.41. The molecule has 0 fully saturated rings. The number of hydrogen-bond acceptors (Lipinski definition) is 6. The van der Waals surface area contributed by atoms with Crippen molar-refractivity contribution in [2.24, 2.45) is 7.05 Å². The molecule has 0 atom stereocenters. The van der Waals surface area contributed by atoms with E-state index in [0.29, 0.717) is 23.1 Å². The molecule has 0 aliphatic heterocycles. The van der Waals surface area contributed by atoms with Crippen LogP contribution in [0.3, 0.4) is 0 Å². The molecule has 0 saturated carbocycles. The molecular formula is C20H16N6O3. The number of aryl methyl sites for hydroxylation is 1. The molecule has 0 saturated heterocycles. The van der Waals surface area contributed by atoms with Crippen LogP contribution in [0.1, 0.15) is 10.5 Å². The first-order valence-electron chi connectivity index (χ1n) is 8.67. The van der Waals surface area contributed by atoms with Crippen molar-refractivity contribution < 1.29 is 9.53 Å². The summed E-state index contributed by atoms with van der Waals surface area (Å²) in [5.41, 5.74) is 0.424. The van der Waals surface area contributed by atoms with Gasteiger partial charge in [-0.3, -0.25) is 9.59 Å². The largest absolute Gasteiger partial charge is 0.439 e. The highest BCUT2D eigenvalue weighted by Gasteiger charge is 2.09. The number of aromatic nitrogens is 5. The van der Waals surface area contributed by atoms with Crippen molar-refractivity contribution in [2.45, 2.75) is 0 Å². The number of nitrogens with zero attached hydrogens (tertiary/aromatic N) is 5. The van der Waals surface area contributed by atoms with Crippen molar-refractivity contribution in [3.8, 4) is 17.4 Å². The Hall–Kier alpha value is -4.27. The van der Waals surface area contributed by atoms with Gasteiger partial charge in [0.2, 0.25) is 5.88 Å². The van der Waals surface area contributed by atoms with Crippen molar-refractivity contribution in [1.29, 1.82) is 0 Å². The molecule has 3 heterocycles. The van der Waals surface area contributed by atoms with Crippen molar-refractivity contribution in [3.63, 3.8) is 0 Å². The van der Waals surface area contributed by atoms with Crippen LogP contribution in [0.2, 0.25) is 0 Å². The molecule has 1 N–H and O–H groups in total. The van der Waals surface area contributed by atoms with Gasteiger partial charge in [-0.05, 0) is 42.5 Å². The second kappa shape index (κ2) is 7.77. The fraction of sp³-hybridized carbons (Fsp3) is 0.0500. The summed E-state index contributed by atoms with van der Waals surface area (Å²) in [4.78, 5) is 32.0. The Balaban J connectivity index is 1.44. The molecule has 29 heavy (non-hydrogen) atoms. The van der Waals surface area contributed by atoms with Gasteiger partial charge in [-0.1, -0.05) is 0 Å². The second-order valence-corrected chi connectivity index (χ2v) is 6.07. The van der Waals surface area contributed by atoms with E-state index in [-0.39, 0.29) is 11.3 Å². The lowest BCUT2D eigenvalue weighted by Gasteiger charge is -2.08. The van der Waals surface area contributed by atoms with Crippen LogP contribution in [0, 0.1) is 0 Å². The molecule has 4 rings (SSSR count). The molecule has 0 aliphatic carbocycles. The number of benzene rings is 1. The Morgan fingerprint density at radius 1 is 1.03 bits per heavy atom. The number of ether oxygens (including phenoxy) is 1. The SMILES string of the molecule is Cn1nc(C(=O)Nc2ccc(Oc3cc(-n4cccc4)ncn3)cc2)ccc1=O. The Kier molecular flexibility index (Phi) is 4.85. The van der Waals surface area contributed by atoms with E-state index in [1.807, 2.05) is 29.1 Å². The first kappa shape index (κ1) is 18.1. The summed E-state index contributed by atoms with van der Waals surface area (Å²) in [6.45, 7) is 0. The number of carbonyl (C=O) groups excluding carboxylic acids is 1. The number of rotatable bonds is 5. The molecule has 0 aliphatic rings. The van der Waals surface area contributed by atoms with Gasteiger partial charge < -0.3 is 14.6 Å². The fourth-order valence-corrected chi connectivity index (χ4v) is 2.56. The quantitative estimate of drug-likeness (QED) is 0.563. The summed E-state index contributed by atoms with van der Waals surface area (Å²) in [5, 5.41) is 6.65. The summed E-state index contributed by atoms with van der Waals surface area (Å²) in [6, 6.07) is 15.0. The zero-order chi connectivity index (χ0) is 20.2. The molecule has 1 amide bonds. The summed E-state index contributed by atoms with van der Waals surface area (Å²) in [6.07, 6.45) is 5.19. The van der Waals surface area contributed by atoms with Gasteiger partial charge in [0.15, 0.2) is 0 Å². The minimum absolute atomic E-state index is 0.144. The molecule has 0 unspecified atom stereocenters. The molecule has 0 radical (unpaired) electrons. The fourth-order valence-electron chi connectivity index (χ4n) is 2.56. The molecule has 9 heteroatoms. The van der Waals surface area contributed by atoms with Crippen molar-refractivity contribution in [1.82, 2.24) is 24.3 Å². The Morgan fingerprint density at radius 2 is 1.79 bits per heavy atom. The molecule has 3 aromatic heterocycles. The van der Waals surface area contributed by atoms with Gasteiger partial charge in [0, 0.05) is 37.3 Å². The molecule has 0 spiro atoms. The molecular weight excluding hydrogens is 372 g/mol. The molecule has 1 aromatic carbocycles. The summed E-state index contributed by atoms with van der Waals surface area (Å²) >= 11 is 0. The summed E-state index contributed by atoms with van der Waals surface area (Å²) in [5.74, 6) is 1.23. The third-order valence-electron chi connectivity index (χ3n) is 4.02. The van der Waals surface area contributed by atoms with Crippen LogP contribution in [0.15, 0.2) is 78.1 Å². The van der Waals surface area contributed by atoms with Crippen LogP contribution in [0.4, 0.5) is 5.69 Å². The number of carbonyl (C=O) groups is 1. The van der Waals surface area contributed by atoms with Gasteiger partial charge in [0.05, 0.1) is 0 Å². The smallest absolute Gasteiger partial charge is 0.276 e. The zero-order valence-corrected chi connectivity index (χ0v) is 15.4. The number of nitrogens with one attached hydrogen (secondary N) is 1. The van der Waals surface area contributed by atoms with Gasteiger partial charge in [0.25, 0.3) is 11.5 Å². The maximum atomic E-state index is 12.3. The summed E-state index contributed by atoms with van der Waals surface area (Å²) < 4.78 is 8.72. The Morgan fingerprint density at radius 3 is 2.52 bits per heavy atom. The van der Waals surface area contributed by atoms with E-state index >= 15 is 0 Å². The normalized spacial score (nSPS) is 10.5. The maximum Gasteiger partial charge on any atom is 0.276 e. The lowest BCUT2D eigenvalue weighted by atomic mass is 10.3. The number of anilines is 1. The van der Waals surface area contributed by atoms with Crippen LogP contribution in [-0.4, -0.2) is 30.2 Å². The van der Waals surface area contributed by atoms with Crippen LogP contribution >= 0.6 is 0 Å². The van der Waals surface area contributed by atoms with Crippen molar-refractivity contribution in [2.75, 3.05) is 5.32 Å². The number of hydrogen-bond donors (Lipinski definition) is 1. The average Bonchev–Trinajstić information content (AvgIpc) is 3.27. The first-order valence-corrected chi connectivity index (χ1v) is 8.67. The van der Waals surface area contributed by atoms with E-state index in [2.05, 4.69) is 20.4 Å². The minimum atomic E-state index is -0.415. The van der Waals surface area contributed by atoms with Crippen LogP contribution < -0.4 is 15.6 Å². The third kappa shape index (κ3) is 4.19. The topological polar surface area (TPSA) is 104 Å². The van der Waals surface area contributed by atoms with E-state index < -0.39 is 5.91 Å². The lowest BCUT2D eigenvalue weighted by Crippen LogP contribution is -2.23. The van der Waals surface area contributed by atoms with E-state index in [1.165, 1.54) is 25.5 Å². The summed E-state index contributed by atoms with van der Waals surface area (Å²) in [7, 11) is 1.49. The van der Waals surface area contributed by atoms with Gasteiger partial charge in [-0.25, -0.2) is 14.6 Å². The van der Waals surface area contributed by atoms with Crippen molar-refractivity contribution >= 4 is 11.6 Å². The molecule has 144 valence electrons. The maximum absolute atomic E-state index is 12.3. The Bertz CT molecular complexity index is 1200. The monoisotopic (exact) mass is 388 g/mol. The van der Waals surface area contributed by atoms with Crippen LogP contribution in [0.5, 0.6) is 11.6 Å². The molecule has 4 aromatic rings. The van der Waals surface area contributed by atoms with E-state index in [1.54, 1.807) is 30.3 Å². The third-order valence-corrected chi connectivity index (χ3v) is 4.02. The van der Waals surface area contributed by atoms with Crippen LogP contribution in [-0.2, 0) is 7.05 Å². The van der Waals surface area contributed by atoms with Crippen molar-refractivity contribution in [3.05, 3.63) is 89.4 Å². The van der Waals surface area contributed by atoms with Gasteiger partial charge >= 0.3 is 0 Å². The van der Waals surface area contributed by atoms with Gasteiger partial charge in [0.1, 0.15) is 23.6 Å². The van der Waals surface area contributed by atoms with E-state index in [0.717, 1.165) is 4.68 Å². The van der Waals surface area contributed by atoms with Gasteiger partial charge in [-0.15, -0.1) is 0 Å². The molecule has 0 bridgehead atoms. The lowest BCUT2D eigenvalue weighted by molar-refractivity contribution is 0.102. The van der Waals surface area contributed by atoms with Gasteiger partial charge in [-0.2, -0.15) is 5.10 Å². The second-order valence-electron chi connectivity index (χ2n) is 6.07. The highest BCUT2D eigenvalue weighted by molar-refractivity contribution is 6.02. The Labute approximate surface area is 165 Å².